The number of fused-ring (bicyclic) bond motifs is 2. The average molecular weight is 645 g/mol. The van der Waals surface area contributed by atoms with Crippen molar-refractivity contribution >= 4 is 44.1 Å². The van der Waals surface area contributed by atoms with Gasteiger partial charge in [0.2, 0.25) is 0 Å². The number of benzene rings is 6. The summed E-state index contributed by atoms with van der Waals surface area (Å²) in [6, 6.07) is 43.1. The van der Waals surface area contributed by atoms with Crippen LogP contribution >= 0.6 is 22.6 Å². The Labute approximate surface area is 258 Å². The molecule has 204 valence electrons. The Kier molecular flexibility index (Phi) is 7.06. The lowest BCUT2D eigenvalue weighted by Crippen LogP contribution is -2.11. The molecule has 0 radical (unpaired) electrons. The normalized spacial score (nSPS) is 12.3. The van der Waals surface area contributed by atoms with Crippen LogP contribution in [0.5, 0.6) is 0 Å². The smallest absolute Gasteiger partial charge is 0.0130 e. The van der Waals surface area contributed by atoms with Crippen molar-refractivity contribution in [2.24, 2.45) is 0 Å². The van der Waals surface area contributed by atoms with Crippen LogP contribution in [0.1, 0.15) is 52.7 Å². The van der Waals surface area contributed by atoms with Crippen molar-refractivity contribution < 1.29 is 0 Å². The van der Waals surface area contributed by atoms with Crippen molar-refractivity contribution in [1.82, 2.24) is 0 Å². The lowest BCUT2D eigenvalue weighted by molar-refractivity contribution is 0.590. The van der Waals surface area contributed by atoms with E-state index in [0.29, 0.717) is 0 Å². The monoisotopic (exact) mass is 644 g/mol. The summed E-state index contributed by atoms with van der Waals surface area (Å²) in [5, 5.41) is 5.24. The van der Waals surface area contributed by atoms with Crippen LogP contribution in [0, 0.1) is 3.57 Å². The molecule has 6 rings (SSSR count). The SMILES string of the molecule is CC(C)(C)c1ccc2c(-c3ccc(-c4ccccc4)cc3)c3cc(C(C)(C)C)ccc3c(-c3ccc(I)cc3)c2c1. The first-order valence-electron chi connectivity index (χ1n) is 14.5. The van der Waals surface area contributed by atoms with Crippen molar-refractivity contribution in [2.75, 3.05) is 0 Å². The standard InChI is InChI=1S/C40H37I/c1-39(2,3)30-19-23-34-35(24-30)37(28-14-12-27(13-15-28)26-10-8-7-9-11-26)33-22-18-31(40(4,5)6)25-36(33)38(34)29-16-20-32(41)21-17-29/h7-25H,1-6H3. The van der Waals surface area contributed by atoms with Gasteiger partial charge in [0.05, 0.1) is 0 Å². The Morgan fingerprint density at radius 3 is 1.22 bits per heavy atom. The third-order valence-electron chi connectivity index (χ3n) is 8.26. The number of hydrogen-bond acceptors (Lipinski definition) is 0. The Morgan fingerprint density at radius 2 is 0.780 bits per heavy atom. The predicted octanol–water partition coefficient (Wildman–Crippen LogP) is 12.2. The van der Waals surface area contributed by atoms with E-state index in [1.165, 1.54) is 69.6 Å². The largest absolute Gasteiger partial charge is 0.0622 e. The van der Waals surface area contributed by atoms with E-state index in [9.17, 15) is 0 Å². The van der Waals surface area contributed by atoms with Gasteiger partial charge in [0.25, 0.3) is 0 Å². The van der Waals surface area contributed by atoms with Gasteiger partial charge in [-0.2, -0.15) is 0 Å². The number of halogens is 1. The molecule has 6 aromatic carbocycles. The first kappa shape index (κ1) is 27.7. The number of rotatable bonds is 3. The van der Waals surface area contributed by atoms with Crippen LogP contribution in [0.25, 0.3) is 54.9 Å². The van der Waals surface area contributed by atoms with Gasteiger partial charge in [0.1, 0.15) is 0 Å². The molecule has 0 aliphatic heterocycles. The Bertz CT molecular complexity index is 1860. The molecule has 0 amide bonds. The van der Waals surface area contributed by atoms with E-state index in [-0.39, 0.29) is 10.8 Å². The van der Waals surface area contributed by atoms with Gasteiger partial charge in [-0.25, -0.2) is 0 Å². The van der Waals surface area contributed by atoms with Gasteiger partial charge in [-0.05, 0) is 124 Å². The van der Waals surface area contributed by atoms with Crippen LogP contribution < -0.4 is 0 Å². The lowest BCUT2D eigenvalue weighted by atomic mass is 9.79. The Morgan fingerprint density at radius 1 is 0.390 bits per heavy atom. The molecular weight excluding hydrogens is 607 g/mol. The van der Waals surface area contributed by atoms with E-state index in [1.807, 2.05) is 0 Å². The minimum Gasteiger partial charge on any atom is -0.0622 e. The van der Waals surface area contributed by atoms with Crippen LogP contribution in [-0.2, 0) is 10.8 Å². The molecule has 0 N–H and O–H groups in total. The topological polar surface area (TPSA) is 0 Å². The summed E-state index contributed by atoms with van der Waals surface area (Å²) in [5.41, 5.74) is 10.5. The fourth-order valence-electron chi connectivity index (χ4n) is 5.86. The first-order valence-corrected chi connectivity index (χ1v) is 15.5. The maximum atomic E-state index is 2.45. The summed E-state index contributed by atoms with van der Waals surface area (Å²) in [6.45, 7) is 13.8. The molecule has 0 spiro atoms. The Hall–Kier alpha value is -3.43. The van der Waals surface area contributed by atoms with Gasteiger partial charge in [0.15, 0.2) is 0 Å². The van der Waals surface area contributed by atoms with E-state index in [2.05, 4.69) is 179 Å². The fourth-order valence-corrected chi connectivity index (χ4v) is 6.22. The number of hydrogen-bond donors (Lipinski definition) is 0. The highest BCUT2D eigenvalue weighted by atomic mass is 127. The zero-order chi connectivity index (χ0) is 28.9. The van der Waals surface area contributed by atoms with E-state index in [4.69, 9.17) is 0 Å². The Balaban J connectivity index is 1.73. The van der Waals surface area contributed by atoms with Crippen LogP contribution in [0.2, 0.25) is 0 Å². The van der Waals surface area contributed by atoms with Gasteiger partial charge in [0, 0.05) is 3.57 Å². The van der Waals surface area contributed by atoms with E-state index < -0.39 is 0 Å². The quantitative estimate of drug-likeness (QED) is 0.133. The second kappa shape index (κ2) is 10.4. The van der Waals surface area contributed by atoms with E-state index in [0.717, 1.165) is 0 Å². The molecule has 0 heterocycles. The lowest BCUT2D eigenvalue weighted by Gasteiger charge is -2.25. The summed E-state index contributed by atoms with van der Waals surface area (Å²) >= 11 is 2.40. The summed E-state index contributed by atoms with van der Waals surface area (Å²) in [4.78, 5) is 0. The zero-order valence-corrected chi connectivity index (χ0v) is 27.0. The molecule has 0 atom stereocenters. The maximum absolute atomic E-state index is 2.45. The molecule has 0 aliphatic carbocycles. The second-order valence-corrected chi connectivity index (χ2v) is 14.5. The van der Waals surface area contributed by atoms with Crippen molar-refractivity contribution in [2.45, 2.75) is 52.4 Å². The highest BCUT2D eigenvalue weighted by Gasteiger charge is 2.22. The van der Waals surface area contributed by atoms with Crippen LogP contribution in [0.3, 0.4) is 0 Å². The molecule has 0 aromatic heterocycles. The minimum atomic E-state index is 0.0523. The zero-order valence-electron chi connectivity index (χ0n) is 24.8. The minimum absolute atomic E-state index is 0.0523. The highest BCUT2D eigenvalue weighted by molar-refractivity contribution is 14.1. The van der Waals surface area contributed by atoms with Gasteiger partial charge >= 0.3 is 0 Å². The summed E-state index contributed by atoms with van der Waals surface area (Å²) in [6.07, 6.45) is 0. The molecule has 0 saturated carbocycles. The van der Waals surface area contributed by atoms with Crippen LogP contribution in [0.15, 0.2) is 115 Å². The fraction of sp³-hybridized carbons (Fsp3) is 0.200. The van der Waals surface area contributed by atoms with Gasteiger partial charge < -0.3 is 0 Å². The molecule has 41 heavy (non-hydrogen) atoms. The molecule has 1 heteroatoms. The van der Waals surface area contributed by atoms with Crippen molar-refractivity contribution in [1.29, 1.82) is 0 Å². The molecule has 0 aliphatic rings. The van der Waals surface area contributed by atoms with Crippen LogP contribution in [0.4, 0.5) is 0 Å². The van der Waals surface area contributed by atoms with Gasteiger partial charge in [-0.1, -0.05) is 133 Å². The predicted molar refractivity (Wildman–Crippen MR) is 188 cm³/mol. The molecule has 0 unspecified atom stereocenters. The third-order valence-corrected chi connectivity index (χ3v) is 8.98. The first-order chi connectivity index (χ1) is 19.5. The molecular formula is C40H37I. The molecule has 0 fully saturated rings. The molecule has 6 aromatic rings. The van der Waals surface area contributed by atoms with E-state index >= 15 is 0 Å². The van der Waals surface area contributed by atoms with Crippen molar-refractivity contribution in [3.8, 4) is 33.4 Å². The average Bonchev–Trinajstić information content (AvgIpc) is 2.95. The summed E-state index contributed by atoms with van der Waals surface area (Å²) in [5.74, 6) is 0. The molecule has 0 saturated heterocycles. The van der Waals surface area contributed by atoms with Gasteiger partial charge in [-0.3, -0.25) is 0 Å². The van der Waals surface area contributed by atoms with Crippen molar-refractivity contribution in [3.05, 3.63) is 130 Å². The molecule has 0 bridgehead atoms. The third kappa shape index (κ3) is 5.33. The van der Waals surface area contributed by atoms with E-state index in [1.54, 1.807) is 0 Å². The molecule has 0 nitrogen and oxygen atoms in total. The van der Waals surface area contributed by atoms with Crippen LogP contribution in [-0.4, -0.2) is 0 Å². The van der Waals surface area contributed by atoms with Gasteiger partial charge in [-0.15, -0.1) is 0 Å². The van der Waals surface area contributed by atoms with Crippen molar-refractivity contribution in [3.63, 3.8) is 0 Å². The summed E-state index contributed by atoms with van der Waals surface area (Å²) in [7, 11) is 0. The maximum Gasteiger partial charge on any atom is 0.0130 e. The highest BCUT2D eigenvalue weighted by Crippen LogP contribution is 2.46. The summed E-state index contributed by atoms with van der Waals surface area (Å²) < 4.78 is 1.25. The second-order valence-electron chi connectivity index (χ2n) is 13.2.